The van der Waals surface area contributed by atoms with Crippen molar-refractivity contribution in [1.82, 2.24) is 10.1 Å². The number of hydrogen-bond donors (Lipinski definition) is 1. The van der Waals surface area contributed by atoms with Crippen molar-refractivity contribution in [3.05, 3.63) is 38.4 Å². The number of nitrogens with zero attached hydrogens (tertiary/aromatic N) is 2. The minimum Gasteiger partial charge on any atom is -0.483 e. The number of carbonyl (C=O) groups is 1. The van der Waals surface area contributed by atoms with Gasteiger partial charge in [-0.25, -0.2) is 4.79 Å². The Kier molecular flexibility index (Phi) is 4.77. The number of aryl methyl sites for hydroxylation is 1. The number of aromatic nitrogens is 2. The molecule has 0 aliphatic heterocycles. The second-order valence-corrected chi connectivity index (χ2v) is 5.53. The zero-order valence-corrected chi connectivity index (χ0v) is 13.6. The zero-order chi connectivity index (χ0) is 14.7. The monoisotopic (exact) mass is 404 g/mol. The second kappa shape index (κ2) is 6.36. The number of carboxylic acid groups (broad SMARTS) is 1. The number of carboxylic acids is 1. The molecule has 0 atom stereocenters. The van der Waals surface area contributed by atoms with Crippen LogP contribution in [0.25, 0.3) is 0 Å². The highest BCUT2D eigenvalue weighted by atomic mass is 79.9. The molecule has 0 radical (unpaired) electrons. The quantitative estimate of drug-likeness (QED) is 0.819. The van der Waals surface area contributed by atoms with Crippen LogP contribution in [0.5, 0.6) is 5.75 Å². The molecule has 1 N–H and O–H groups in total. The van der Waals surface area contributed by atoms with Gasteiger partial charge in [-0.1, -0.05) is 12.1 Å². The SMILES string of the molecule is CCc1nc(COc2c(Br)cc(C(=O)O)cc2Br)no1. The summed E-state index contributed by atoms with van der Waals surface area (Å²) in [5, 5.41) is 12.7. The average molecular weight is 406 g/mol. The Morgan fingerprint density at radius 1 is 1.40 bits per heavy atom. The van der Waals surface area contributed by atoms with Gasteiger partial charge in [0.15, 0.2) is 6.61 Å². The number of aromatic carboxylic acids is 1. The minimum atomic E-state index is -1.01. The Labute approximate surface area is 131 Å². The molecule has 2 rings (SSSR count). The normalized spacial score (nSPS) is 10.6. The van der Waals surface area contributed by atoms with Gasteiger partial charge in [0.1, 0.15) is 5.75 Å². The van der Waals surface area contributed by atoms with Gasteiger partial charge in [-0.3, -0.25) is 0 Å². The third kappa shape index (κ3) is 3.37. The molecule has 0 aliphatic carbocycles. The first-order valence-electron chi connectivity index (χ1n) is 5.67. The van der Waals surface area contributed by atoms with Gasteiger partial charge in [0.05, 0.1) is 14.5 Å². The first kappa shape index (κ1) is 15.0. The number of halogens is 2. The molecule has 1 aromatic heterocycles. The van der Waals surface area contributed by atoms with Crippen LogP contribution in [0.1, 0.15) is 29.0 Å². The van der Waals surface area contributed by atoms with Gasteiger partial charge in [-0.2, -0.15) is 4.98 Å². The van der Waals surface area contributed by atoms with E-state index in [0.29, 0.717) is 32.8 Å². The van der Waals surface area contributed by atoms with E-state index < -0.39 is 5.97 Å². The predicted octanol–water partition coefficient (Wildman–Crippen LogP) is 3.43. The van der Waals surface area contributed by atoms with Gasteiger partial charge in [-0.05, 0) is 44.0 Å². The van der Waals surface area contributed by atoms with Crippen molar-refractivity contribution in [3.8, 4) is 5.75 Å². The van der Waals surface area contributed by atoms with Gasteiger partial charge >= 0.3 is 5.97 Å². The fourth-order valence-electron chi connectivity index (χ4n) is 1.45. The van der Waals surface area contributed by atoms with Gasteiger partial charge in [0.2, 0.25) is 11.7 Å². The van der Waals surface area contributed by atoms with E-state index in [4.69, 9.17) is 14.4 Å². The number of benzene rings is 1. The van der Waals surface area contributed by atoms with Crippen LogP contribution in [-0.2, 0) is 13.0 Å². The largest absolute Gasteiger partial charge is 0.483 e. The molecular weight excluding hydrogens is 396 g/mol. The van der Waals surface area contributed by atoms with Crippen molar-refractivity contribution in [2.75, 3.05) is 0 Å². The van der Waals surface area contributed by atoms with Crippen molar-refractivity contribution in [2.24, 2.45) is 0 Å². The standard InChI is InChI=1S/C12H10Br2N2O4/c1-2-10-15-9(16-20-10)5-19-11-7(13)3-6(12(17)18)4-8(11)14/h3-4H,2,5H2,1H3,(H,17,18). The maximum atomic E-state index is 10.9. The summed E-state index contributed by atoms with van der Waals surface area (Å²) >= 11 is 6.55. The van der Waals surface area contributed by atoms with Crippen LogP contribution in [-0.4, -0.2) is 21.2 Å². The van der Waals surface area contributed by atoms with Gasteiger partial charge in [0, 0.05) is 6.42 Å². The van der Waals surface area contributed by atoms with Crippen LogP contribution < -0.4 is 4.74 Å². The molecule has 1 aromatic carbocycles. The maximum absolute atomic E-state index is 10.9. The third-order valence-electron chi connectivity index (χ3n) is 2.40. The molecule has 6 nitrogen and oxygen atoms in total. The zero-order valence-electron chi connectivity index (χ0n) is 10.4. The second-order valence-electron chi connectivity index (χ2n) is 3.82. The van der Waals surface area contributed by atoms with Crippen molar-refractivity contribution < 1.29 is 19.2 Å². The number of ether oxygens (including phenoxy) is 1. The topological polar surface area (TPSA) is 85.5 Å². The summed E-state index contributed by atoms with van der Waals surface area (Å²) in [6.45, 7) is 2.04. The fourth-order valence-corrected chi connectivity index (χ4v) is 2.87. The van der Waals surface area contributed by atoms with Crippen LogP contribution in [0.15, 0.2) is 25.6 Å². The molecule has 8 heteroatoms. The lowest BCUT2D eigenvalue weighted by Crippen LogP contribution is -2.01. The molecule has 0 spiro atoms. The molecule has 0 amide bonds. The molecule has 0 aliphatic rings. The summed E-state index contributed by atoms with van der Waals surface area (Å²) < 4.78 is 11.6. The van der Waals surface area contributed by atoms with Crippen molar-refractivity contribution in [3.63, 3.8) is 0 Å². The highest BCUT2D eigenvalue weighted by molar-refractivity contribution is 9.11. The molecule has 106 valence electrons. The summed E-state index contributed by atoms with van der Waals surface area (Å²) in [4.78, 5) is 15.0. The van der Waals surface area contributed by atoms with Crippen LogP contribution in [0, 0.1) is 0 Å². The Balaban J connectivity index is 2.15. The molecule has 0 bridgehead atoms. The molecule has 2 aromatic rings. The van der Waals surface area contributed by atoms with E-state index in [0.717, 1.165) is 0 Å². The Hall–Kier alpha value is -1.41. The third-order valence-corrected chi connectivity index (χ3v) is 3.58. The van der Waals surface area contributed by atoms with Crippen LogP contribution in [0.2, 0.25) is 0 Å². The van der Waals surface area contributed by atoms with E-state index in [9.17, 15) is 4.79 Å². The number of hydrogen-bond acceptors (Lipinski definition) is 5. The van der Waals surface area contributed by atoms with Crippen molar-refractivity contribution >= 4 is 37.8 Å². The van der Waals surface area contributed by atoms with Crippen molar-refractivity contribution in [2.45, 2.75) is 20.0 Å². The highest BCUT2D eigenvalue weighted by Crippen LogP contribution is 2.35. The molecule has 0 fully saturated rings. The highest BCUT2D eigenvalue weighted by Gasteiger charge is 2.14. The molecule has 20 heavy (non-hydrogen) atoms. The Bertz CT molecular complexity index is 619. The molecule has 0 saturated heterocycles. The lowest BCUT2D eigenvalue weighted by atomic mass is 10.2. The molecule has 0 saturated carbocycles. The predicted molar refractivity (Wildman–Crippen MR) is 76.8 cm³/mol. The molecule has 0 unspecified atom stereocenters. The van der Waals surface area contributed by atoms with E-state index in [-0.39, 0.29) is 12.2 Å². The number of rotatable bonds is 5. The Morgan fingerprint density at radius 3 is 2.55 bits per heavy atom. The van der Waals surface area contributed by atoms with Gasteiger partial charge in [0.25, 0.3) is 0 Å². The lowest BCUT2D eigenvalue weighted by Gasteiger charge is -2.09. The Morgan fingerprint density at radius 2 is 2.05 bits per heavy atom. The van der Waals surface area contributed by atoms with E-state index in [1.807, 2.05) is 6.92 Å². The van der Waals surface area contributed by atoms with E-state index in [2.05, 4.69) is 42.0 Å². The van der Waals surface area contributed by atoms with E-state index >= 15 is 0 Å². The maximum Gasteiger partial charge on any atom is 0.335 e. The summed E-state index contributed by atoms with van der Waals surface area (Å²) in [7, 11) is 0. The summed E-state index contributed by atoms with van der Waals surface area (Å²) in [5.41, 5.74) is 0.156. The first-order chi connectivity index (χ1) is 9.51. The minimum absolute atomic E-state index is 0.132. The van der Waals surface area contributed by atoms with Crippen molar-refractivity contribution in [1.29, 1.82) is 0 Å². The summed E-state index contributed by atoms with van der Waals surface area (Å²) in [6, 6.07) is 2.94. The summed E-state index contributed by atoms with van der Waals surface area (Å²) in [5.74, 6) is 0.451. The molecular formula is C12H10Br2N2O4. The average Bonchev–Trinajstić information content (AvgIpc) is 2.85. The van der Waals surface area contributed by atoms with Gasteiger partial charge < -0.3 is 14.4 Å². The van der Waals surface area contributed by atoms with Crippen LogP contribution in [0.3, 0.4) is 0 Å². The first-order valence-corrected chi connectivity index (χ1v) is 7.26. The van der Waals surface area contributed by atoms with Gasteiger partial charge in [-0.15, -0.1) is 0 Å². The van der Waals surface area contributed by atoms with Crippen LogP contribution in [0.4, 0.5) is 0 Å². The smallest absolute Gasteiger partial charge is 0.335 e. The molecule has 1 heterocycles. The van der Waals surface area contributed by atoms with E-state index in [1.165, 1.54) is 12.1 Å². The van der Waals surface area contributed by atoms with Crippen LogP contribution >= 0.6 is 31.9 Å². The van der Waals surface area contributed by atoms with E-state index in [1.54, 1.807) is 0 Å². The lowest BCUT2D eigenvalue weighted by molar-refractivity contribution is 0.0696. The summed E-state index contributed by atoms with van der Waals surface area (Å²) in [6.07, 6.45) is 0.660. The fraction of sp³-hybridized carbons (Fsp3) is 0.250.